The highest BCUT2D eigenvalue weighted by molar-refractivity contribution is 5.86. The zero-order chi connectivity index (χ0) is 12.6. The number of hydrogen-bond donors (Lipinski definition) is 1. The summed E-state index contributed by atoms with van der Waals surface area (Å²) >= 11 is 0. The zero-order valence-corrected chi connectivity index (χ0v) is 10.1. The van der Waals surface area contributed by atoms with Gasteiger partial charge in [0, 0.05) is 18.8 Å². The van der Waals surface area contributed by atoms with Crippen molar-refractivity contribution < 1.29 is 9.90 Å². The Bertz CT molecular complexity index is 585. The predicted octanol–water partition coefficient (Wildman–Crippen LogP) is 2.40. The molecule has 0 saturated heterocycles. The van der Waals surface area contributed by atoms with E-state index in [1.165, 1.54) is 6.20 Å². The summed E-state index contributed by atoms with van der Waals surface area (Å²) in [7, 11) is 1.80. The monoisotopic (exact) mass is 230 g/mol. The largest absolute Gasteiger partial charge is 0.476 e. The number of aryl methyl sites for hydroxylation is 3. The molecule has 17 heavy (non-hydrogen) atoms. The van der Waals surface area contributed by atoms with Gasteiger partial charge in [-0.25, -0.2) is 9.78 Å². The first-order valence-corrected chi connectivity index (χ1v) is 5.33. The minimum atomic E-state index is -1.00. The maximum Gasteiger partial charge on any atom is 0.356 e. The summed E-state index contributed by atoms with van der Waals surface area (Å²) in [5, 5.41) is 8.92. The van der Waals surface area contributed by atoms with E-state index in [-0.39, 0.29) is 5.69 Å². The van der Waals surface area contributed by atoms with Crippen molar-refractivity contribution >= 4 is 5.97 Å². The molecule has 0 aliphatic carbocycles. The maximum atomic E-state index is 10.9. The molecular formula is C13H14N2O2. The normalized spacial score (nSPS) is 10.5. The molecule has 0 spiro atoms. The first-order valence-electron chi connectivity index (χ1n) is 5.33. The van der Waals surface area contributed by atoms with Crippen LogP contribution in [0.3, 0.4) is 0 Å². The van der Waals surface area contributed by atoms with Crippen molar-refractivity contribution in [3.8, 4) is 11.4 Å². The molecule has 0 atom stereocenters. The van der Waals surface area contributed by atoms with Crippen LogP contribution < -0.4 is 0 Å². The SMILES string of the molecule is Cc1ccc(C)c(-c2nc(C(=O)O)cn2C)c1. The molecule has 0 unspecified atom stereocenters. The summed E-state index contributed by atoms with van der Waals surface area (Å²) in [5.74, 6) is -0.319. The zero-order valence-electron chi connectivity index (χ0n) is 10.1. The summed E-state index contributed by atoms with van der Waals surface area (Å²) in [5.41, 5.74) is 3.26. The van der Waals surface area contributed by atoms with E-state index in [1.807, 2.05) is 32.0 Å². The van der Waals surface area contributed by atoms with Gasteiger partial charge < -0.3 is 9.67 Å². The molecule has 88 valence electrons. The van der Waals surface area contributed by atoms with Gasteiger partial charge in [-0.2, -0.15) is 0 Å². The van der Waals surface area contributed by atoms with Crippen LogP contribution in [0.25, 0.3) is 11.4 Å². The van der Waals surface area contributed by atoms with Gasteiger partial charge in [0.25, 0.3) is 0 Å². The van der Waals surface area contributed by atoms with Gasteiger partial charge in [0.2, 0.25) is 0 Å². The molecule has 1 aromatic carbocycles. The smallest absolute Gasteiger partial charge is 0.356 e. The van der Waals surface area contributed by atoms with Gasteiger partial charge in [0.15, 0.2) is 5.69 Å². The standard InChI is InChI=1S/C13H14N2O2/c1-8-4-5-9(2)10(6-8)12-14-11(13(16)17)7-15(12)3/h4-7H,1-3H3,(H,16,17). The molecule has 0 saturated carbocycles. The molecule has 2 rings (SSSR count). The number of aromatic nitrogens is 2. The van der Waals surface area contributed by atoms with Crippen LogP contribution in [0.4, 0.5) is 0 Å². The lowest BCUT2D eigenvalue weighted by atomic mass is 10.1. The van der Waals surface area contributed by atoms with Gasteiger partial charge in [-0.1, -0.05) is 17.7 Å². The molecule has 0 radical (unpaired) electrons. The number of hydrogen-bond acceptors (Lipinski definition) is 2. The molecule has 1 heterocycles. The number of imidazole rings is 1. The highest BCUT2D eigenvalue weighted by atomic mass is 16.4. The lowest BCUT2D eigenvalue weighted by Crippen LogP contribution is -1.96. The van der Waals surface area contributed by atoms with Crippen molar-refractivity contribution in [2.75, 3.05) is 0 Å². The number of carboxylic acid groups (broad SMARTS) is 1. The van der Waals surface area contributed by atoms with E-state index >= 15 is 0 Å². The molecule has 1 aromatic heterocycles. The fraction of sp³-hybridized carbons (Fsp3) is 0.231. The Morgan fingerprint density at radius 3 is 2.65 bits per heavy atom. The quantitative estimate of drug-likeness (QED) is 0.861. The second-order valence-electron chi connectivity index (χ2n) is 4.18. The van der Waals surface area contributed by atoms with Crippen LogP contribution in [-0.4, -0.2) is 20.6 Å². The summed E-state index contributed by atoms with van der Waals surface area (Å²) < 4.78 is 1.74. The molecule has 0 aliphatic rings. The third kappa shape index (κ3) is 2.06. The van der Waals surface area contributed by atoms with E-state index in [4.69, 9.17) is 5.11 Å². The Morgan fingerprint density at radius 2 is 2.06 bits per heavy atom. The topological polar surface area (TPSA) is 55.1 Å². The van der Waals surface area contributed by atoms with Gasteiger partial charge in [-0.05, 0) is 25.5 Å². The Morgan fingerprint density at radius 1 is 1.35 bits per heavy atom. The van der Waals surface area contributed by atoms with Gasteiger partial charge in [0.1, 0.15) is 5.82 Å². The maximum absolute atomic E-state index is 10.9. The molecule has 0 amide bonds. The minimum absolute atomic E-state index is 0.0726. The van der Waals surface area contributed by atoms with Crippen molar-refractivity contribution in [3.05, 3.63) is 41.2 Å². The summed E-state index contributed by atoms with van der Waals surface area (Å²) in [6.07, 6.45) is 1.53. The molecular weight excluding hydrogens is 216 g/mol. The average Bonchev–Trinajstić information content (AvgIpc) is 2.64. The fourth-order valence-corrected chi connectivity index (χ4v) is 1.80. The van der Waals surface area contributed by atoms with Crippen molar-refractivity contribution in [3.63, 3.8) is 0 Å². The molecule has 1 N–H and O–H groups in total. The molecule has 0 fully saturated rings. The Hall–Kier alpha value is -2.10. The minimum Gasteiger partial charge on any atom is -0.476 e. The van der Waals surface area contributed by atoms with Crippen LogP contribution in [0.1, 0.15) is 21.6 Å². The second kappa shape index (κ2) is 4.05. The number of carbonyl (C=O) groups is 1. The Labute approximate surface area is 99.5 Å². The van der Waals surface area contributed by atoms with Crippen molar-refractivity contribution in [2.24, 2.45) is 7.05 Å². The Balaban J connectivity index is 2.60. The molecule has 4 heteroatoms. The van der Waals surface area contributed by atoms with E-state index in [2.05, 4.69) is 4.98 Å². The lowest BCUT2D eigenvalue weighted by Gasteiger charge is -2.06. The number of aromatic carboxylic acids is 1. The number of rotatable bonds is 2. The van der Waals surface area contributed by atoms with E-state index in [0.29, 0.717) is 5.82 Å². The molecule has 0 aliphatic heterocycles. The van der Waals surface area contributed by atoms with Crippen LogP contribution in [0.2, 0.25) is 0 Å². The number of carboxylic acids is 1. The Kier molecular flexibility index (Phi) is 2.71. The molecule has 4 nitrogen and oxygen atoms in total. The molecule has 0 bridgehead atoms. The molecule has 2 aromatic rings. The van der Waals surface area contributed by atoms with E-state index in [1.54, 1.807) is 11.6 Å². The van der Waals surface area contributed by atoms with Crippen molar-refractivity contribution in [1.82, 2.24) is 9.55 Å². The predicted molar refractivity (Wildman–Crippen MR) is 65.1 cm³/mol. The van der Waals surface area contributed by atoms with Crippen molar-refractivity contribution in [1.29, 1.82) is 0 Å². The van der Waals surface area contributed by atoms with Crippen molar-refractivity contribution in [2.45, 2.75) is 13.8 Å². The van der Waals surface area contributed by atoms with E-state index in [9.17, 15) is 4.79 Å². The fourth-order valence-electron chi connectivity index (χ4n) is 1.80. The van der Waals surface area contributed by atoms with E-state index < -0.39 is 5.97 Å². The highest BCUT2D eigenvalue weighted by Crippen LogP contribution is 2.23. The lowest BCUT2D eigenvalue weighted by molar-refractivity contribution is 0.0691. The van der Waals surface area contributed by atoms with Crippen LogP contribution in [-0.2, 0) is 7.05 Å². The average molecular weight is 230 g/mol. The highest BCUT2D eigenvalue weighted by Gasteiger charge is 2.14. The second-order valence-corrected chi connectivity index (χ2v) is 4.18. The van der Waals surface area contributed by atoms with Gasteiger partial charge in [-0.15, -0.1) is 0 Å². The summed E-state index contributed by atoms with van der Waals surface area (Å²) in [6.45, 7) is 3.99. The summed E-state index contributed by atoms with van der Waals surface area (Å²) in [6, 6.07) is 6.06. The third-order valence-electron chi connectivity index (χ3n) is 2.73. The van der Waals surface area contributed by atoms with Crippen LogP contribution in [0.5, 0.6) is 0 Å². The van der Waals surface area contributed by atoms with Crippen LogP contribution in [0.15, 0.2) is 24.4 Å². The van der Waals surface area contributed by atoms with Crippen LogP contribution >= 0.6 is 0 Å². The first-order chi connectivity index (χ1) is 7.99. The van der Waals surface area contributed by atoms with Gasteiger partial charge >= 0.3 is 5.97 Å². The number of nitrogens with zero attached hydrogens (tertiary/aromatic N) is 2. The first kappa shape index (κ1) is 11.4. The number of benzene rings is 1. The van der Waals surface area contributed by atoms with Crippen LogP contribution in [0, 0.1) is 13.8 Å². The summed E-state index contributed by atoms with van der Waals surface area (Å²) in [4.78, 5) is 15.0. The third-order valence-corrected chi connectivity index (χ3v) is 2.73. The van der Waals surface area contributed by atoms with Gasteiger partial charge in [0.05, 0.1) is 0 Å². The van der Waals surface area contributed by atoms with Gasteiger partial charge in [-0.3, -0.25) is 0 Å². The van der Waals surface area contributed by atoms with E-state index in [0.717, 1.165) is 16.7 Å².